The number of carbonyl (C=O) groups is 1. The molecule has 1 aliphatic carbocycles. The number of rotatable bonds is 5. The molecule has 1 saturated carbocycles. The molecule has 0 spiro atoms. The summed E-state index contributed by atoms with van der Waals surface area (Å²) < 4.78 is 34.1. The van der Waals surface area contributed by atoms with Crippen LogP contribution in [0.5, 0.6) is 5.75 Å². The van der Waals surface area contributed by atoms with Gasteiger partial charge in [0.2, 0.25) is 0 Å². The van der Waals surface area contributed by atoms with Gasteiger partial charge in [0.15, 0.2) is 6.29 Å². The molecule has 1 aromatic rings. The molecule has 1 aromatic carbocycles. The van der Waals surface area contributed by atoms with Crippen LogP contribution in [-0.2, 0) is 28.5 Å². The minimum absolute atomic E-state index is 0.0325. The minimum Gasteiger partial charge on any atom is -0.497 e. The van der Waals surface area contributed by atoms with Crippen molar-refractivity contribution in [1.82, 2.24) is 0 Å². The minimum atomic E-state index is -0.500. The van der Waals surface area contributed by atoms with E-state index in [0.29, 0.717) is 13.2 Å². The monoisotopic (exact) mass is 364 g/mol. The Balaban J connectivity index is 1.48. The van der Waals surface area contributed by atoms with Crippen LogP contribution in [0.3, 0.4) is 0 Å². The summed E-state index contributed by atoms with van der Waals surface area (Å²) in [6, 6.07) is 7.56. The van der Waals surface area contributed by atoms with Crippen LogP contribution in [0.2, 0.25) is 0 Å². The van der Waals surface area contributed by atoms with Gasteiger partial charge in [-0.3, -0.25) is 4.79 Å². The van der Waals surface area contributed by atoms with E-state index in [1.54, 1.807) is 21.1 Å². The van der Waals surface area contributed by atoms with Crippen molar-refractivity contribution >= 4 is 5.97 Å². The first-order chi connectivity index (χ1) is 12.7. The van der Waals surface area contributed by atoms with Crippen molar-refractivity contribution in [3.05, 3.63) is 29.8 Å². The summed E-state index contributed by atoms with van der Waals surface area (Å²) in [5.41, 5.74) is 0.902. The molecule has 7 nitrogen and oxygen atoms in total. The number of methoxy groups -OCH3 is 2. The van der Waals surface area contributed by atoms with E-state index in [1.165, 1.54) is 0 Å². The van der Waals surface area contributed by atoms with E-state index in [4.69, 9.17) is 28.4 Å². The average Bonchev–Trinajstić information content (AvgIpc) is 3.39. The third-order valence-electron chi connectivity index (χ3n) is 5.32. The van der Waals surface area contributed by atoms with E-state index in [9.17, 15) is 4.79 Å². The first kappa shape index (κ1) is 17.7. The van der Waals surface area contributed by atoms with Gasteiger partial charge in [0.1, 0.15) is 18.0 Å². The molecule has 0 N–H and O–H groups in total. The third-order valence-corrected chi connectivity index (χ3v) is 5.32. The van der Waals surface area contributed by atoms with Gasteiger partial charge in [-0.1, -0.05) is 12.1 Å². The number of hydrogen-bond acceptors (Lipinski definition) is 7. The average molecular weight is 364 g/mol. The quantitative estimate of drug-likeness (QED) is 0.737. The van der Waals surface area contributed by atoms with E-state index >= 15 is 0 Å². The molecule has 2 heterocycles. The van der Waals surface area contributed by atoms with Gasteiger partial charge in [0, 0.05) is 18.6 Å². The molecule has 0 aromatic heterocycles. The third kappa shape index (κ3) is 2.99. The molecular weight excluding hydrogens is 340 g/mol. The van der Waals surface area contributed by atoms with Gasteiger partial charge in [0.05, 0.1) is 38.4 Å². The Kier molecular flexibility index (Phi) is 4.88. The fourth-order valence-electron chi connectivity index (χ4n) is 4.00. The van der Waals surface area contributed by atoms with Crippen LogP contribution in [0.1, 0.15) is 18.8 Å². The second-order valence-electron chi connectivity index (χ2n) is 6.73. The number of carbonyl (C=O) groups excluding carboxylic acids is 1. The molecule has 4 rings (SSSR count). The molecule has 2 saturated heterocycles. The van der Waals surface area contributed by atoms with E-state index in [-0.39, 0.29) is 42.2 Å². The van der Waals surface area contributed by atoms with Crippen LogP contribution in [0, 0.1) is 11.8 Å². The highest BCUT2D eigenvalue weighted by molar-refractivity contribution is 5.77. The van der Waals surface area contributed by atoms with E-state index in [2.05, 4.69) is 0 Å². The summed E-state index contributed by atoms with van der Waals surface area (Å²) in [6.45, 7) is 2.55. The summed E-state index contributed by atoms with van der Waals surface area (Å²) in [7, 11) is 3.27. The molecule has 7 heteroatoms. The number of esters is 1. The maximum Gasteiger partial charge on any atom is 0.312 e. The lowest BCUT2D eigenvalue weighted by Crippen LogP contribution is -2.53. The molecule has 5 unspecified atom stereocenters. The molecule has 3 fully saturated rings. The van der Waals surface area contributed by atoms with Crippen LogP contribution < -0.4 is 4.74 Å². The zero-order chi connectivity index (χ0) is 18.3. The van der Waals surface area contributed by atoms with Crippen molar-refractivity contribution < 1.29 is 33.2 Å². The smallest absolute Gasteiger partial charge is 0.312 e. The summed E-state index contributed by atoms with van der Waals surface area (Å²) in [4.78, 5) is 12.1. The summed E-state index contributed by atoms with van der Waals surface area (Å²) >= 11 is 0. The van der Waals surface area contributed by atoms with Gasteiger partial charge in [0.25, 0.3) is 0 Å². The number of hydrogen-bond donors (Lipinski definition) is 0. The van der Waals surface area contributed by atoms with Crippen molar-refractivity contribution in [2.45, 2.75) is 37.6 Å². The Labute approximate surface area is 152 Å². The molecule has 0 bridgehead atoms. The molecule has 7 atom stereocenters. The predicted molar refractivity (Wildman–Crippen MR) is 89.6 cm³/mol. The van der Waals surface area contributed by atoms with Crippen LogP contribution in [-0.4, -0.2) is 57.8 Å². The first-order valence-corrected chi connectivity index (χ1v) is 8.93. The first-order valence-electron chi connectivity index (χ1n) is 8.93. The van der Waals surface area contributed by atoms with Crippen molar-refractivity contribution in [1.29, 1.82) is 0 Å². The largest absolute Gasteiger partial charge is 0.497 e. The highest BCUT2D eigenvalue weighted by Gasteiger charge is 2.67. The fraction of sp³-hybridized carbons (Fsp3) is 0.632. The zero-order valence-electron chi connectivity index (χ0n) is 15.1. The van der Waals surface area contributed by atoms with Gasteiger partial charge >= 0.3 is 5.97 Å². The Morgan fingerprint density at radius 2 is 1.92 bits per heavy atom. The van der Waals surface area contributed by atoms with Crippen molar-refractivity contribution in [3.8, 4) is 5.75 Å². The zero-order valence-corrected chi connectivity index (χ0v) is 15.1. The number of fused-ring (bicyclic) bond motifs is 2. The van der Waals surface area contributed by atoms with Crippen molar-refractivity contribution in [2.75, 3.05) is 27.4 Å². The highest BCUT2D eigenvalue weighted by Crippen LogP contribution is 2.53. The van der Waals surface area contributed by atoms with E-state index < -0.39 is 6.29 Å². The van der Waals surface area contributed by atoms with E-state index in [1.807, 2.05) is 24.3 Å². The molecule has 0 radical (unpaired) electrons. The second kappa shape index (κ2) is 7.15. The topological polar surface area (TPSA) is 72.5 Å². The fourth-order valence-corrected chi connectivity index (χ4v) is 4.00. The Morgan fingerprint density at radius 3 is 2.58 bits per heavy atom. The van der Waals surface area contributed by atoms with Crippen molar-refractivity contribution in [2.24, 2.45) is 11.8 Å². The van der Waals surface area contributed by atoms with Crippen LogP contribution >= 0.6 is 0 Å². The Bertz CT molecular complexity index is 646. The van der Waals surface area contributed by atoms with Crippen LogP contribution in [0.4, 0.5) is 0 Å². The van der Waals surface area contributed by atoms with Gasteiger partial charge in [-0.2, -0.15) is 0 Å². The number of ether oxygens (including phenoxy) is 6. The second-order valence-corrected chi connectivity index (χ2v) is 6.73. The maximum absolute atomic E-state index is 12.1. The Morgan fingerprint density at radius 1 is 1.15 bits per heavy atom. The lowest BCUT2D eigenvalue weighted by molar-refractivity contribution is -0.303. The SMILES string of the molecule is CCOC(=O)[C@@H]1C2OC3COC(c4ccc(OC)cc4)OC3[C@H](OC)C21. The summed E-state index contributed by atoms with van der Waals surface area (Å²) in [5.74, 6) is 0.232. The number of benzene rings is 1. The molecule has 3 aliphatic rings. The predicted octanol–water partition coefficient (Wildman–Crippen LogP) is 1.70. The lowest BCUT2D eigenvalue weighted by Gasteiger charge is -2.42. The van der Waals surface area contributed by atoms with E-state index in [0.717, 1.165) is 11.3 Å². The van der Waals surface area contributed by atoms with Crippen LogP contribution in [0.15, 0.2) is 24.3 Å². The maximum atomic E-state index is 12.1. The molecule has 0 amide bonds. The van der Waals surface area contributed by atoms with Gasteiger partial charge in [-0.15, -0.1) is 0 Å². The van der Waals surface area contributed by atoms with Gasteiger partial charge in [-0.25, -0.2) is 0 Å². The van der Waals surface area contributed by atoms with Gasteiger partial charge < -0.3 is 28.4 Å². The summed E-state index contributed by atoms with van der Waals surface area (Å²) in [5, 5.41) is 0. The highest BCUT2D eigenvalue weighted by atomic mass is 16.7. The lowest BCUT2D eigenvalue weighted by atomic mass is 9.99. The standard InChI is InChI=1S/C19H24O7/c1-4-23-18(20)14-13-16(14)25-12-9-24-19(26-15(12)17(13)22-3)10-5-7-11(21-2)8-6-10/h5-8,12-17,19H,4,9H2,1-3H3/t12?,13?,14-,15?,16?,17+,19?/m0/s1. The molecule has 142 valence electrons. The molecule has 2 aliphatic heterocycles. The van der Waals surface area contributed by atoms with Gasteiger partial charge in [-0.05, 0) is 19.1 Å². The normalized spacial score (nSPS) is 38.0. The Hall–Kier alpha value is -1.67. The van der Waals surface area contributed by atoms with Crippen molar-refractivity contribution in [3.63, 3.8) is 0 Å². The molecule has 26 heavy (non-hydrogen) atoms. The molecular formula is C19H24O7. The van der Waals surface area contributed by atoms with Crippen LogP contribution in [0.25, 0.3) is 0 Å². The summed E-state index contributed by atoms with van der Waals surface area (Å²) in [6.07, 6.45) is -1.45.